The van der Waals surface area contributed by atoms with E-state index in [1.807, 2.05) is 36.4 Å². The summed E-state index contributed by atoms with van der Waals surface area (Å²) < 4.78 is 0.968. The van der Waals surface area contributed by atoms with E-state index >= 15 is 0 Å². The zero-order valence-corrected chi connectivity index (χ0v) is 14.5. The summed E-state index contributed by atoms with van der Waals surface area (Å²) in [6.07, 6.45) is 5.00. The third kappa shape index (κ3) is 2.64. The van der Waals surface area contributed by atoms with E-state index < -0.39 is 11.9 Å². The summed E-state index contributed by atoms with van der Waals surface area (Å²) >= 11 is 1.37. The number of rotatable bonds is 3. The van der Waals surface area contributed by atoms with Gasteiger partial charge in [0, 0.05) is 0 Å². The van der Waals surface area contributed by atoms with Crippen molar-refractivity contribution in [1.82, 2.24) is 9.88 Å². The van der Waals surface area contributed by atoms with Crippen LogP contribution in [-0.2, 0) is 14.4 Å². The van der Waals surface area contributed by atoms with Crippen LogP contribution in [0.25, 0.3) is 10.2 Å². The second kappa shape index (κ2) is 6.07. The van der Waals surface area contributed by atoms with Gasteiger partial charge in [-0.1, -0.05) is 35.6 Å². The summed E-state index contributed by atoms with van der Waals surface area (Å²) in [6.45, 7) is 1.59. The molecule has 0 saturated carbocycles. The molecule has 0 spiro atoms. The van der Waals surface area contributed by atoms with Crippen LogP contribution in [0.3, 0.4) is 0 Å². The van der Waals surface area contributed by atoms with Crippen LogP contribution in [0.15, 0.2) is 36.4 Å². The lowest BCUT2D eigenvalue weighted by molar-refractivity contribution is -0.146. The predicted molar refractivity (Wildman–Crippen MR) is 94.9 cm³/mol. The maximum absolute atomic E-state index is 12.6. The van der Waals surface area contributed by atoms with E-state index in [1.54, 1.807) is 6.92 Å². The van der Waals surface area contributed by atoms with Gasteiger partial charge in [0.1, 0.15) is 6.04 Å². The smallest absolute Gasteiger partial charge is 0.249 e. The SMILES string of the molecule is C[C@@H](C(=O)Nc1nc2ccccc2s1)N1C(=O)C2CC=CCC2C1=O. The molecule has 1 aliphatic carbocycles. The fraction of sp³-hybridized carbons (Fsp3) is 0.333. The number of carbonyl (C=O) groups excluding carboxylic acids is 3. The summed E-state index contributed by atoms with van der Waals surface area (Å²) in [5.74, 6) is -1.53. The van der Waals surface area contributed by atoms with Crippen LogP contribution in [0.5, 0.6) is 0 Å². The number of allylic oxidation sites excluding steroid dienone is 2. The molecule has 3 amide bonds. The molecular formula is C18H17N3O3S. The van der Waals surface area contributed by atoms with Gasteiger partial charge in [-0.25, -0.2) is 4.98 Å². The van der Waals surface area contributed by atoms with Crippen LogP contribution in [0, 0.1) is 11.8 Å². The Bertz CT molecular complexity index is 845. The summed E-state index contributed by atoms with van der Waals surface area (Å²) in [6, 6.07) is 6.74. The zero-order chi connectivity index (χ0) is 17.6. The van der Waals surface area contributed by atoms with Gasteiger partial charge < -0.3 is 5.32 Å². The summed E-state index contributed by atoms with van der Waals surface area (Å²) in [7, 11) is 0. The number of amides is 3. The van der Waals surface area contributed by atoms with Crippen LogP contribution in [0.2, 0.25) is 0 Å². The number of thiazole rings is 1. The number of nitrogens with one attached hydrogen (secondary N) is 1. The highest BCUT2D eigenvalue weighted by Crippen LogP contribution is 2.36. The molecule has 2 heterocycles. The Kier molecular flexibility index (Phi) is 3.88. The zero-order valence-electron chi connectivity index (χ0n) is 13.6. The van der Waals surface area contributed by atoms with Crippen molar-refractivity contribution in [2.45, 2.75) is 25.8 Å². The number of anilines is 1. The van der Waals surface area contributed by atoms with Gasteiger partial charge in [0.05, 0.1) is 22.1 Å². The highest BCUT2D eigenvalue weighted by Gasteiger charge is 2.50. The highest BCUT2D eigenvalue weighted by atomic mass is 32.1. The number of para-hydroxylation sites is 1. The first-order chi connectivity index (χ1) is 12.1. The molecule has 6 nitrogen and oxygen atoms in total. The Hall–Kier alpha value is -2.54. The van der Waals surface area contributed by atoms with Crippen LogP contribution < -0.4 is 5.32 Å². The molecule has 3 atom stereocenters. The highest BCUT2D eigenvalue weighted by molar-refractivity contribution is 7.22. The van der Waals surface area contributed by atoms with Gasteiger partial charge in [-0.3, -0.25) is 19.3 Å². The van der Waals surface area contributed by atoms with Crippen molar-refractivity contribution in [2.24, 2.45) is 11.8 Å². The largest absolute Gasteiger partial charge is 0.300 e. The van der Waals surface area contributed by atoms with Crippen molar-refractivity contribution < 1.29 is 14.4 Å². The molecule has 128 valence electrons. The summed E-state index contributed by atoms with van der Waals surface area (Å²) in [5.41, 5.74) is 0.806. The second-order valence-corrected chi connectivity index (χ2v) is 7.38. The molecule has 2 aromatic rings. The molecule has 1 fully saturated rings. The normalized spacial score (nSPS) is 23.8. The van der Waals surface area contributed by atoms with E-state index in [2.05, 4.69) is 10.3 Å². The molecule has 1 aliphatic heterocycles. The first-order valence-electron chi connectivity index (χ1n) is 8.24. The van der Waals surface area contributed by atoms with E-state index in [-0.39, 0.29) is 23.7 Å². The molecule has 7 heteroatoms. The molecule has 0 bridgehead atoms. The number of carbonyl (C=O) groups is 3. The first-order valence-corrected chi connectivity index (χ1v) is 9.06. The quantitative estimate of drug-likeness (QED) is 0.678. The molecule has 2 aliphatic rings. The lowest BCUT2D eigenvalue weighted by Gasteiger charge is -2.21. The third-order valence-electron chi connectivity index (χ3n) is 4.83. The maximum Gasteiger partial charge on any atom is 0.249 e. The average molecular weight is 355 g/mol. The molecule has 0 radical (unpaired) electrons. The number of nitrogens with zero attached hydrogens (tertiary/aromatic N) is 2. The Morgan fingerprint density at radius 2 is 1.84 bits per heavy atom. The van der Waals surface area contributed by atoms with E-state index in [0.29, 0.717) is 18.0 Å². The Labute approximate surface area is 148 Å². The topological polar surface area (TPSA) is 79.4 Å². The van der Waals surface area contributed by atoms with E-state index in [4.69, 9.17) is 0 Å². The van der Waals surface area contributed by atoms with Crippen molar-refractivity contribution in [3.63, 3.8) is 0 Å². The Morgan fingerprint density at radius 1 is 1.20 bits per heavy atom. The van der Waals surface area contributed by atoms with E-state index in [1.165, 1.54) is 11.3 Å². The fourth-order valence-electron chi connectivity index (χ4n) is 3.46. The number of aromatic nitrogens is 1. The minimum Gasteiger partial charge on any atom is -0.300 e. The monoisotopic (exact) mass is 355 g/mol. The van der Waals surface area contributed by atoms with Gasteiger partial charge >= 0.3 is 0 Å². The Morgan fingerprint density at radius 3 is 2.48 bits per heavy atom. The number of hydrogen-bond acceptors (Lipinski definition) is 5. The van der Waals surface area contributed by atoms with E-state index in [0.717, 1.165) is 15.1 Å². The third-order valence-corrected chi connectivity index (χ3v) is 5.78. The molecule has 2 unspecified atom stereocenters. The van der Waals surface area contributed by atoms with Crippen LogP contribution in [-0.4, -0.2) is 33.6 Å². The van der Waals surface area contributed by atoms with Crippen molar-refractivity contribution in [1.29, 1.82) is 0 Å². The standard InChI is InChI=1S/C18H17N3O3S/c1-10(21-16(23)11-6-2-3-7-12(11)17(21)24)15(22)20-18-19-13-8-4-5-9-14(13)25-18/h2-5,8-12H,6-7H2,1H3,(H,19,20,22)/t10-,11?,12?/m0/s1. The van der Waals surface area contributed by atoms with Gasteiger partial charge in [-0.15, -0.1) is 0 Å². The average Bonchev–Trinajstić information content (AvgIpc) is 3.13. The molecule has 1 aromatic carbocycles. The molecule has 1 aromatic heterocycles. The van der Waals surface area contributed by atoms with Crippen LogP contribution in [0.4, 0.5) is 5.13 Å². The number of benzene rings is 1. The number of imide groups is 1. The first kappa shape index (κ1) is 16.0. The van der Waals surface area contributed by atoms with Crippen molar-refractivity contribution in [3.8, 4) is 0 Å². The minimum atomic E-state index is -0.849. The summed E-state index contributed by atoms with van der Waals surface area (Å²) in [5, 5.41) is 3.21. The van der Waals surface area contributed by atoms with Crippen molar-refractivity contribution >= 4 is 44.4 Å². The molecule has 1 N–H and O–H groups in total. The minimum absolute atomic E-state index is 0.244. The van der Waals surface area contributed by atoms with Crippen LogP contribution >= 0.6 is 11.3 Å². The lowest BCUT2D eigenvalue weighted by Crippen LogP contribution is -2.46. The van der Waals surface area contributed by atoms with Gasteiger partial charge in [-0.05, 0) is 31.9 Å². The summed E-state index contributed by atoms with van der Waals surface area (Å²) in [4.78, 5) is 43.2. The molecule has 1 saturated heterocycles. The molecular weight excluding hydrogens is 338 g/mol. The van der Waals surface area contributed by atoms with Gasteiger partial charge in [0.15, 0.2) is 5.13 Å². The maximum atomic E-state index is 12.6. The molecule has 4 rings (SSSR count). The lowest BCUT2D eigenvalue weighted by atomic mass is 9.85. The number of fused-ring (bicyclic) bond motifs is 2. The van der Waals surface area contributed by atoms with Crippen molar-refractivity contribution in [3.05, 3.63) is 36.4 Å². The number of likely N-dealkylation sites (tertiary alicyclic amines) is 1. The Balaban J connectivity index is 1.52. The van der Waals surface area contributed by atoms with E-state index in [9.17, 15) is 14.4 Å². The van der Waals surface area contributed by atoms with Gasteiger partial charge in [-0.2, -0.15) is 0 Å². The molecule has 25 heavy (non-hydrogen) atoms. The number of hydrogen-bond donors (Lipinski definition) is 1. The van der Waals surface area contributed by atoms with Crippen molar-refractivity contribution in [2.75, 3.05) is 5.32 Å². The van der Waals surface area contributed by atoms with Crippen LogP contribution in [0.1, 0.15) is 19.8 Å². The van der Waals surface area contributed by atoms with Gasteiger partial charge in [0.25, 0.3) is 0 Å². The fourth-order valence-corrected chi connectivity index (χ4v) is 4.33. The van der Waals surface area contributed by atoms with Gasteiger partial charge in [0.2, 0.25) is 17.7 Å². The predicted octanol–water partition coefficient (Wildman–Crippen LogP) is 2.57. The second-order valence-electron chi connectivity index (χ2n) is 6.35.